The highest BCUT2D eigenvalue weighted by Crippen LogP contribution is 2.28. The largest absolute Gasteiger partial charge is 0.573 e. The third kappa shape index (κ3) is 7.57. The van der Waals surface area contributed by atoms with E-state index in [1.54, 1.807) is 20.8 Å². The standard InChI is InChI=1S/C15H19F4NO5/c1-14(2,3)25-13(23)20-7-11(21)12(22)9-6-8(4-5-10(9)16)24-15(17,18)19/h4-6,11-12,21-22H,7H2,1-3H3,(H,20,23). The summed E-state index contributed by atoms with van der Waals surface area (Å²) in [5.74, 6) is -1.80. The number of amides is 1. The molecule has 1 aromatic carbocycles. The van der Waals surface area contributed by atoms with Crippen molar-refractivity contribution in [3.05, 3.63) is 29.6 Å². The zero-order valence-corrected chi connectivity index (χ0v) is 13.7. The molecule has 3 N–H and O–H groups in total. The van der Waals surface area contributed by atoms with Crippen molar-refractivity contribution in [3.8, 4) is 5.75 Å². The number of hydrogen-bond donors (Lipinski definition) is 3. The van der Waals surface area contributed by atoms with Crippen LogP contribution in [0.1, 0.15) is 32.4 Å². The molecule has 1 aromatic rings. The number of ether oxygens (including phenoxy) is 2. The minimum Gasteiger partial charge on any atom is -0.444 e. The van der Waals surface area contributed by atoms with Gasteiger partial charge in [0.05, 0.1) is 0 Å². The number of aliphatic hydroxyl groups excluding tert-OH is 2. The van der Waals surface area contributed by atoms with Crippen molar-refractivity contribution < 1.29 is 42.0 Å². The second-order valence-corrected chi connectivity index (χ2v) is 6.13. The maximum absolute atomic E-state index is 13.7. The molecule has 2 unspecified atom stereocenters. The molecule has 142 valence electrons. The van der Waals surface area contributed by atoms with Crippen LogP contribution in [-0.4, -0.2) is 40.9 Å². The Hall–Kier alpha value is -2.07. The smallest absolute Gasteiger partial charge is 0.444 e. The Bertz CT molecular complexity index is 601. The minimum absolute atomic E-state index is 0.514. The van der Waals surface area contributed by atoms with Gasteiger partial charge in [-0.1, -0.05) is 0 Å². The number of rotatable bonds is 5. The predicted molar refractivity (Wildman–Crippen MR) is 78.3 cm³/mol. The van der Waals surface area contributed by atoms with Crippen LogP contribution < -0.4 is 10.1 Å². The van der Waals surface area contributed by atoms with Crippen molar-refractivity contribution in [1.29, 1.82) is 0 Å². The number of alkyl carbamates (subject to hydrolysis) is 1. The fourth-order valence-electron chi connectivity index (χ4n) is 1.77. The molecule has 0 fully saturated rings. The maximum atomic E-state index is 13.7. The molecule has 0 bridgehead atoms. The van der Waals surface area contributed by atoms with Crippen LogP contribution in [0, 0.1) is 5.82 Å². The van der Waals surface area contributed by atoms with E-state index in [9.17, 15) is 32.6 Å². The topological polar surface area (TPSA) is 88.0 Å². The predicted octanol–water partition coefficient (Wildman–Crippen LogP) is 2.64. The summed E-state index contributed by atoms with van der Waals surface area (Å²) in [7, 11) is 0. The molecule has 6 nitrogen and oxygen atoms in total. The zero-order chi connectivity index (χ0) is 19.4. The SMILES string of the molecule is CC(C)(C)OC(=O)NCC(O)C(O)c1cc(OC(F)(F)F)ccc1F. The van der Waals surface area contributed by atoms with E-state index in [2.05, 4.69) is 10.1 Å². The lowest BCUT2D eigenvalue weighted by Gasteiger charge is -2.22. The average Bonchev–Trinajstić information content (AvgIpc) is 2.42. The quantitative estimate of drug-likeness (QED) is 0.695. The number of alkyl halides is 3. The number of nitrogens with one attached hydrogen (secondary N) is 1. The van der Waals surface area contributed by atoms with Gasteiger partial charge in [-0.25, -0.2) is 9.18 Å². The maximum Gasteiger partial charge on any atom is 0.573 e. The van der Waals surface area contributed by atoms with Gasteiger partial charge >= 0.3 is 12.5 Å². The lowest BCUT2D eigenvalue weighted by Crippen LogP contribution is -2.39. The first kappa shape index (κ1) is 21.0. The average molecular weight is 369 g/mol. The van der Waals surface area contributed by atoms with Crippen LogP contribution in [0.15, 0.2) is 18.2 Å². The molecule has 0 aliphatic rings. The van der Waals surface area contributed by atoms with Gasteiger partial charge in [0.1, 0.15) is 29.4 Å². The van der Waals surface area contributed by atoms with Crippen LogP contribution in [0.2, 0.25) is 0 Å². The van der Waals surface area contributed by atoms with Crippen LogP contribution in [0.3, 0.4) is 0 Å². The normalized spacial score (nSPS) is 14.6. The Morgan fingerprint density at radius 1 is 1.24 bits per heavy atom. The van der Waals surface area contributed by atoms with E-state index >= 15 is 0 Å². The van der Waals surface area contributed by atoms with Crippen molar-refractivity contribution in [1.82, 2.24) is 5.32 Å². The molecule has 0 spiro atoms. The molecule has 10 heteroatoms. The van der Waals surface area contributed by atoms with Gasteiger partial charge in [0.25, 0.3) is 0 Å². The molecular weight excluding hydrogens is 350 g/mol. The number of aliphatic hydroxyl groups is 2. The molecule has 0 saturated heterocycles. The summed E-state index contributed by atoms with van der Waals surface area (Å²) in [4.78, 5) is 11.5. The van der Waals surface area contributed by atoms with Crippen molar-refractivity contribution in [3.63, 3.8) is 0 Å². The summed E-state index contributed by atoms with van der Waals surface area (Å²) < 4.78 is 58.8. The first-order valence-corrected chi connectivity index (χ1v) is 7.16. The second-order valence-electron chi connectivity index (χ2n) is 6.13. The van der Waals surface area contributed by atoms with E-state index < -0.39 is 53.9 Å². The van der Waals surface area contributed by atoms with Gasteiger partial charge in [0.2, 0.25) is 0 Å². The number of hydrogen-bond acceptors (Lipinski definition) is 5. The van der Waals surface area contributed by atoms with Crippen molar-refractivity contribution in [2.45, 2.75) is 44.9 Å². The van der Waals surface area contributed by atoms with E-state index in [1.165, 1.54) is 0 Å². The van der Waals surface area contributed by atoms with Crippen molar-refractivity contribution in [2.24, 2.45) is 0 Å². The third-order valence-electron chi connectivity index (χ3n) is 2.74. The van der Waals surface area contributed by atoms with Crippen LogP contribution in [0.4, 0.5) is 22.4 Å². The Labute approximate surface area is 141 Å². The highest BCUT2D eigenvalue weighted by molar-refractivity contribution is 5.67. The van der Waals surface area contributed by atoms with E-state index in [-0.39, 0.29) is 0 Å². The van der Waals surface area contributed by atoms with Crippen molar-refractivity contribution in [2.75, 3.05) is 6.54 Å². The Morgan fingerprint density at radius 2 is 1.84 bits per heavy atom. The fraction of sp³-hybridized carbons (Fsp3) is 0.533. The first-order valence-electron chi connectivity index (χ1n) is 7.16. The highest BCUT2D eigenvalue weighted by atomic mass is 19.4. The molecule has 2 atom stereocenters. The van der Waals surface area contributed by atoms with Gasteiger partial charge in [-0.05, 0) is 39.0 Å². The molecular formula is C15H19F4NO5. The molecule has 0 aromatic heterocycles. The van der Waals surface area contributed by atoms with Gasteiger partial charge in [-0.2, -0.15) is 0 Å². The second kappa shape index (κ2) is 7.87. The summed E-state index contributed by atoms with van der Waals surface area (Å²) in [5, 5.41) is 21.9. The molecule has 0 saturated carbocycles. The summed E-state index contributed by atoms with van der Waals surface area (Å²) in [5.41, 5.74) is -1.40. The lowest BCUT2D eigenvalue weighted by atomic mass is 10.0. The first-order chi connectivity index (χ1) is 11.3. The van der Waals surface area contributed by atoms with E-state index in [1.807, 2.05) is 0 Å². The number of carbonyl (C=O) groups is 1. The minimum atomic E-state index is -4.99. The van der Waals surface area contributed by atoms with Gasteiger partial charge < -0.3 is 25.0 Å². The summed E-state index contributed by atoms with van der Waals surface area (Å²) in [6, 6.07) is 2.00. The highest BCUT2D eigenvalue weighted by Gasteiger charge is 2.32. The molecule has 0 aliphatic carbocycles. The molecule has 0 aliphatic heterocycles. The molecule has 1 amide bonds. The third-order valence-corrected chi connectivity index (χ3v) is 2.74. The molecule has 0 radical (unpaired) electrons. The van der Waals surface area contributed by atoms with Crippen LogP contribution in [-0.2, 0) is 4.74 Å². The summed E-state index contributed by atoms with van der Waals surface area (Å²) in [6.45, 7) is 4.32. The molecule has 0 heterocycles. The Kier molecular flexibility index (Phi) is 6.61. The van der Waals surface area contributed by atoms with Gasteiger partial charge in [0.15, 0.2) is 0 Å². The fourth-order valence-corrected chi connectivity index (χ4v) is 1.77. The van der Waals surface area contributed by atoms with Crippen LogP contribution >= 0.6 is 0 Å². The summed E-state index contributed by atoms with van der Waals surface area (Å²) in [6.07, 6.45) is -9.46. The number of benzene rings is 1. The number of carbonyl (C=O) groups excluding carboxylic acids is 1. The van der Waals surface area contributed by atoms with Crippen LogP contribution in [0.5, 0.6) is 5.75 Å². The Morgan fingerprint density at radius 3 is 2.36 bits per heavy atom. The van der Waals surface area contributed by atoms with Gasteiger partial charge in [-0.15, -0.1) is 13.2 Å². The zero-order valence-electron chi connectivity index (χ0n) is 13.7. The van der Waals surface area contributed by atoms with Crippen molar-refractivity contribution >= 4 is 6.09 Å². The van der Waals surface area contributed by atoms with E-state index in [0.29, 0.717) is 12.1 Å². The Balaban J connectivity index is 2.76. The molecule has 25 heavy (non-hydrogen) atoms. The lowest BCUT2D eigenvalue weighted by molar-refractivity contribution is -0.274. The van der Waals surface area contributed by atoms with E-state index in [4.69, 9.17) is 4.74 Å². The number of halogens is 4. The van der Waals surface area contributed by atoms with E-state index in [0.717, 1.165) is 6.07 Å². The molecule has 1 rings (SSSR count). The van der Waals surface area contributed by atoms with Gasteiger partial charge in [0, 0.05) is 12.1 Å². The summed E-state index contributed by atoms with van der Waals surface area (Å²) >= 11 is 0. The van der Waals surface area contributed by atoms with Gasteiger partial charge in [-0.3, -0.25) is 0 Å². The van der Waals surface area contributed by atoms with Crippen LogP contribution in [0.25, 0.3) is 0 Å². The monoisotopic (exact) mass is 369 g/mol.